The molecular formula is C18H22N2O. The highest BCUT2D eigenvalue weighted by molar-refractivity contribution is 5.93. The lowest BCUT2D eigenvalue weighted by molar-refractivity contribution is -0.118. The quantitative estimate of drug-likeness (QED) is 0.852. The minimum atomic E-state index is 0.129. The van der Waals surface area contributed by atoms with Crippen LogP contribution in [0.4, 0.5) is 11.4 Å². The average molecular weight is 282 g/mol. The summed E-state index contributed by atoms with van der Waals surface area (Å²) in [6.07, 6.45) is 1.14. The van der Waals surface area contributed by atoms with Crippen LogP contribution < -0.4 is 10.6 Å². The Morgan fingerprint density at radius 1 is 1.10 bits per heavy atom. The highest BCUT2D eigenvalue weighted by Crippen LogP contribution is 2.18. The van der Waals surface area contributed by atoms with Crippen molar-refractivity contribution in [3.63, 3.8) is 0 Å². The number of nitrogens with zero attached hydrogens (tertiary/aromatic N) is 1. The number of rotatable bonds is 5. The summed E-state index contributed by atoms with van der Waals surface area (Å²) in [5.41, 5.74) is 9.85. The van der Waals surface area contributed by atoms with E-state index in [1.165, 1.54) is 5.56 Å². The molecule has 1 amide bonds. The van der Waals surface area contributed by atoms with Gasteiger partial charge in [-0.15, -0.1) is 0 Å². The molecule has 0 unspecified atom stereocenters. The predicted octanol–water partition coefficient (Wildman–Crippen LogP) is 3.56. The monoisotopic (exact) mass is 282 g/mol. The number of nitrogen functional groups attached to an aromatic ring is 1. The molecule has 0 atom stereocenters. The zero-order chi connectivity index (χ0) is 15.2. The Labute approximate surface area is 126 Å². The molecule has 0 heterocycles. The molecule has 2 aromatic carbocycles. The van der Waals surface area contributed by atoms with Gasteiger partial charge in [0.05, 0.1) is 0 Å². The first-order valence-electron chi connectivity index (χ1n) is 7.32. The highest BCUT2D eigenvalue weighted by Gasteiger charge is 2.14. The van der Waals surface area contributed by atoms with Gasteiger partial charge in [0.1, 0.15) is 0 Å². The minimum Gasteiger partial charge on any atom is -0.399 e. The van der Waals surface area contributed by atoms with E-state index in [0.29, 0.717) is 19.4 Å². The maximum absolute atomic E-state index is 12.4. The maximum atomic E-state index is 12.4. The number of aryl methyl sites for hydroxylation is 2. The number of nitrogens with two attached hydrogens (primary N) is 1. The lowest BCUT2D eigenvalue weighted by atomic mass is 10.1. The van der Waals surface area contributed by atoms with Crippen LogP contribution >= 0.6 is 0 Å². The number of amides is 1. The fraction of sp³-hybridized carbons (Fsp3) is 0.278. The second-order valence-electron chi connectivity index (χ2n) is 5.17. The van der Waals surface area contributed by atoms with Gasteiger partial charge in [-0.1, -0.05) is 35.9 Å². The van der Waals surface area contributed by atoms with Crippen molar-refractivity contribution in [2.75, 3.05) is 17.2 Å². The van der Waals surface area contributed by atoms with Crippen molar-refractivity contribution in [3.8, 4) is 0 Å². The summed E-state index contributed by atoms with van der Waals surface area (Å²) < 4.78 is 0. The lowest BCUT2D eigenvalue weighted by Crippen LogP contribution is -2.30. The first kappa shape index (κ1) is 15.1. The Balaban J connectivity index is 2.04. The fourth-order valence-electron chi connectivity index (χ4n) is 2.37. The van der Waals surface area contributed by atoms with Gasteiger partial charge in [-0.3, -0.25) is 4.79 Å². The zero-order valence-corrected chi connectivity index (χ0v) is 12.7. The van der Waals surface area contributed by atoms with Gasteiger partial charge >= 0.3 is 0 Å². The Morgan fingerprint density at radius 2 is 1.76 bits per heavy atom. The third-order valence-corrected chi connectivity index (χ3v) is 3.63. The maximum Gasteiger partial charge on any atom is 0.227 e. The van der Waals surface area contributed by atoms with Gasteiger partial charge in [0.15, 0.2) is 0 Å². The van der Waals surface area contributed by atoms with Crippen LogP contribution in [-0.2, 0) is 11.2 Å². The van der Waals surface area contributed by atoms with E-state index in [9.17, 15) is 4.79 Å². The molecule has 0 aliphatic heterocycles. The molecule has 2 aromatic rings. The molecule has 0 aromatic heterocycles. The van der Waals surface area contributed by atoms with E-state index in [-0.39, 0.29) is 5.91 Å². The molecule has 21 heavy (non-hydrogen) atoms. The number of carbonyl (C=O) groups is 1. The topological polar surface area (TPSA) is 46.3 Å². The molecule has 0 aliphatic rings. The van der Waals surface area contributed by atoms with E-state index in [2.05, 4.69) is 0 Å². The van der Waals surface area contributed by atoms with Crippen molar-refractivity contribution >= 4 is 17.3 Å². The van der Waals surface area contributed by atoms with Gasteiger partial charge in [-0.2, -0.15) is 0 Å². The summed E-state index contributed by atoms with van der Waals surface area (Å²) in [5, 5.41) is 0. The van der Waals surface area contributed by atoms with Crippen LogP contribution in [0.1, 0.15) is 24.5 Å². The smallest absolute Gasteiger partial charge is 0.227 e. The zero-order valence-electron chi connectivity index (χ0n) is 12.7. The van der Waals surface area contributed by atoms with Crippen LogP contribution in [-0.4, -0.2) is 12.5 Å². The molecule has 2 N–H and O–H groups in total. The Hall–Kier alpha value is -2.29. The number of para-hydroxylation sites is 1. The Bertz CT molecular complexity index is 605. The first-order chi connectivity index (χ1) is 10.1. The number of anilines is 2. The third-order valence-electron chi connectivity index (χ3n) is 3.63. The molecule has 0 saturated heterocycles. The summed E-state index contributed by atoms with van der Waals surface area (Å²) in [6, 6.07) is 15.8. The van der Waals surface area contributed by atoms with Crippen LogP contribution in [0.3, 0.4) is 0 Å². The summed E-state index contributed by atoms with van der Waals surface area (Å²) in [4.78, 5) is 14.2. The number of hydrogen-bond acceptors (Lipinski definition) is 2. The van der Waals surface area contributed by atoms with E-state index in [4.69, 9.17) is 5.73 Å². The number of hydrogen-bond donors (Lipinski definition) is 1. The van der Waals surface area contributed by atoms with E-state index < -0.39 is 0 Å². The first-order valence-corrected chi connectivity index (χ1v) is 7.32. The van der Waals surface area contributed by atoms with Gasteiger partial charge in [0, 0.05) is 24.3 Å². The van der Waals surface area contributed by atoms with Crippen molar-refractivity contribution in [2.24, 2.45) is 0 Å². The normalized spacial score (nSPS) is 10.4. The van der Waals surface area contributed by atoms with Gasteiger partial charge < -0.3 is 10.6 Å². The van der Waals surface area contributed by atoms with Crippen molar-refractivity contribution in [1.82, 2.24) is 0 Å². The molecule has 0 bridgehead atoms. The minimum absolute atomic E-state index is 0.129. The molecule has 3 heteroatoms. The second kappa shape index (κ2) is 6.93. The molecule has 0 spiro atoms. The van der Waals surface area contributed by atoms with E-state index in [1.54, 1.807) is 0 Å². The summed E-state index contributed by atoms with van der Waals surface area (Å²) in [6.45, 7) is 4.71. The largest absolute Gasteiger partial charge is 0.399 e. The van der Waals surface area contributed by atoms with E-state index >= 15 is 0 Å². The average Bonchev–Trinajstić information content (AvgIpc) is 2.49. The standard InChI is InChI=1S/C18H22N2O/c1-3-20(16-11-8-14(2)9-12-16)18(21)13-10-15-6-4-5-7-17(15)19/h4-9,11-12H,3,10,13,19H2,1-2H3. The summed E-state index contributed by atoms with van der Waals surface area (Å²) in [7, 11) is 0. The molecule has 0 aliphatic carbocycles. The van der Waals surface area contributed by atoms with Crippen molar-refractivity contribution < 1.29 is 4.79 Å². The molecule has 3 nitrogen and oxygen atoms in total. The van der Waals surface area contributed by atoms with Crippen molar-refractivity contribution in [3.05, 3.63) is 59.7 Å². The highest BCUT2D eigenvalue weighted by atomic mass is 16.2. The summed E-state index contributed by atoms with van der Waals surface area (Å²) in [5.74, 6) is 0.129. The van der Waals surface area contributed by atoms with Crippen LogP contribution in [0.25, 0.3) is 0 Å². The van der Waals surface area contributed by atoms with Crippen molar-refractivity contribution in [2.45, 2.75) is 26.7 Å². The number of benzene rings is 2. The lowest BCUT2D eigenvalue weighted by Gasteiger charge is -2.21. The van der Waals surface area contributed by atoms with Crippen LogP contribution in [0, 0.1) is 6.92 Å². The summed E-state index contributed by atoms with van der Waals surface area (Å²) >= 11 is 0. The molecule has 0 saturated carbocycles. The van der Waals surface area contributed by atoms with Crippen LogP contribution in [0.5, 0.6) is 0 Å². The van der Waals surface area contributed by atoms with E-state index in [1.807, 2.05) is 67.3 Å². The molecule has 2 rings (SSSR count). The molecule has 0 radical (unpaired) electrons. The van der Waals surface area contributed by atoms with Gasteiger partial charge in [0.25, 0.3) is 0 Å². The molecule has 110 valence electrons. The van der Waals surface area contributed by atoms with Crippen LogP contribution in [0.2, 0.25) is 0 Å². The SMILES string of the molecule is CCN(C(=O)CCc1ccccc1N)c1ccc(C)cc1. The van der Waals surface area contributed by atoms with Gasteiger partial charge in [0.2, 0.25) is 5.91 Å². The molecular weight excluding hydrogens is 260 g/mol. The van der Waals surface area contributed by atoms with Crippen molar-refractivity contribution in [1.29, 1.82) is 0 Å². The predicted molar refractivity (Wildman–Crippen MR) is 88.4 cm³/mol. The van der Waals surface area contributed by atoms with Crippen LogP contribution in [0.15, 0.2) is 48.5 Å². The molecule has 0 fully saturated rings. The fourth-order valence-corrected chi connectivity index (χ4v) is 2.37. The second-order valence-corrected chi connectivity index (χ2v) is 5.17. The van der Waals surface area contributed by atoms with E-state index in [0.717, 1.165) is 16.9 Å². The third kappa shape index (κ3) is 3.85. The van der Waals surface area contributed by atoms with Gasteiger partial charge in [-0.25, -0.2) is 0 Å². The Morgan fingerprint density at radius 3 is 2.38 bits per heavy atom. The number of carbonyl (C=O) groups excluding carboxylic acids is 1. The Kier molecular flexibility index (Phi) is 4.99. The van der Waals surface area contributed by atoms with Gasteiger partial charge in [-0.05, 0) is 44.0 Å².